The van der Waals surface area contributed by atoms with Gasteiger partial charge in [0.05, 0.1) is 4.47 Å². The SMILES string of the molecule is O=C(NCCC1=CCNCC1)c1ccc(Br)c(F)c1. The summed E-state index contributed by atoms with van der Waals surface area (Å²) in [4.78, 5) is 11.8. The highest BCUT2D eigenvalue weighted by Crippen LogP contribution is 2.16. The summed E-state index contributed by atoms with van der Waals surface area (Å²) in [7, 11) is 0. The second kappa shape index (κ2) is 6.82. The van der Waals surface area contributed by atoms with Crippen LogP contribution < -0.4 is 10.6 Å². The summed E-state index contributed by atoms with van der Waals surface area (Å²) in [6, 6.07) is 4.38. The van der Waals surface area contributed by atoms with E-state index in [2.05, 4.69) is 32.6 Å². The number of carbonyl (C=O) groups excluding carboxylic acids is 1. The van der Waals surface area contributed by atoms with E-state index in [1.165, 1.54) is 11.6 Å². The maximum atomic E-state index is 13.3. The molecule has 19 heavy (non-hydrogen) atoms. The molecule has 0 spiro atoms. The van der Waals surface area contributed by atoms with Gasteiger partial charge in [-0.05, 0) is 53.5 Å². The van der Waals surface area contributed by atoms with Crippen LogP contribution in [0.4, 0.5) is 4.39 Å². The van der Waals surface area contributed by atoms with Crippen LogP contribution >= 0.6 is 15.9 Å². The van der Waals surface area contributed by atoms with Gasteiger partial charge in [0.1, 0.15) is 5.82 Å². The molecule has 1 aromatic carbocycles. The van der Waals surface area contributed by atoms with Crippen molar-refractivity contribution in [1.82, 2.24) is 10.6 Å². The predicted molar refractivity (Wildman–Crippen MR) is 76.6 cm³/mol. The Kier molecular flexibility index (Phi) is 5.10. The van der Waals surface area contributed by atoms with Crippen LogP contribution in [0, 0.1) is 5.82 Å². The van der Waals surface area contributed by atoms with Crippen LogP contribution in [0.3, 0.4) is 0 Å². The lowest BCUT2D eigenvalue weighted by atomic mass is 10.1. The Balaban J connectivity index is 1.83. The molecule has 0 bridgehead atoms. The van der Waals surface area contributed by atoms with Crippen LogP contribution in [-0.2, 0) is 0 Å². The van der Waals surface area contributed by atoms with Gasteiger partial charge in [0.2, 0.25) is 0 Å². The molecular formula is C14H16BrFN2O. The van der Waals surface area contributed by atoms with E-state index in [1.54, 1.807) is 12.1 Å². The van der Waals surface area contributed by atoms with Gasteiger partial charge in [-0.2, -0.15) is 0 Å². The van der Waals surface area contributed by atoms with E-state index in [9.17, 15) is 9.18 Å². The lowest BCUT2D eigenvalue weighted by molar-refractivity contribution is 0.0953. The van der Waals surface area contributed by atoms with Gasteiger partial charge in [0.15, 0.2) is 0 Å². The fourth-order valence-corrected chi connectivity index (χ4v) is 2.22. The van der Waals surface area contributed by atoms with Crippen molar-refractivity contribution < 1.29 is 9.18 Å². The number of amides is 1. The molecule has 1 aliphatic rings. The van der Waals surface area contributed by atoms with Crippen molar-refractivity contribution in [2.75, 3.05) is 19.6 Å². The molecule has 0 aliphatic carbocycles. The van der Waals surface area contributed by atoms with E-state index in [0.29, 0.717) is 16.6 Å². The molecule has 0 radical (unpaired) electrons. The third-order valence-electron chi connectivity index (χ3n) is 3.07. The van der Waals surface area contributed by atoms with Gasteiger partial charge in [0.25, 0.3) is 5.91 Å². The maximum Gasteiger partial charge on any atom is 0.251 e. The molecule has 0 saturated heterocycles. The minimum Gasteiger partial charge on any atom is -0.352 e. The van der Waals surface area contributed by atoms with Gasteiger partial charge >= 0.3 is 0 Å². The standard InChI is InChI=1S/C14H16BrFN2O/c15-12-2-1-11(9-13(12)16)14(19)18-8-5-10-3-6-17-7-4-10/h1-3,9,17H,4-8H2,(H,18,19). The first-order valence-electron chi connectivity index (χ1n) is 6.28. The smallest absolute Gasteiger partial charge is 0.251 e. The summed E-state index contributed by atoms with van der Waals surface area (Å²) in [5.74, 6) is -0.658. The quantitative estimate of drug-likeness (QED) is 0.835. The summed E-state index contributed by atoms with van der Waals surface area (Å²) in [5.41, 5.74) is 1.71. The van der Waals surface area contributed by atoms with Crippen molar-refractivity contribution in [2.24, 2.45) is 0 Å². The zero-order valence-corrected chi connectivity index (χ0v) is 12.1. The second-order valence-electron chi connectivity index (χ2n) is 4.45. The first-order valence-corrected chi connectivity index (χ1v) is 7.08. The summed E-state index contributed by atoms with van der Waals surface area (Å²) in [6.07, 6.45) is 4.05. The molecule has 0 atom stereocenters. The molecule has 102 valence electrons. The molecule has 1 heterocycles. The summed E-state index contributed by atoms with van der Waals surface area (Å²) < 4.78 is 13.7. The van der Waals surface area contributed by atoms with E-state index < -0.39 is 5.82 Å². The third-order valence-corrected chi connectivity index (χ3v) is 3.71. The van der Waals surface area contributed by atoms with Crippen LogP contribution in [0.2, 0.25) is 0 Å². The lowest BCUT2D eigenvalue weighted by Gasteiger charge is -2.14. The van der Waals surface area contributed by atoms with Gasteiger partial charge in [0, 0.05) is 18.7 Å². The summed E-state index contributed by atoms with van der Waals surface area (Å²) in [5, 5.41) is 6.05. The van der Waals surface area contributed by atoms with Gasteiger partial charge in [-0.15, -0.1) is 0 Å². The van der Waals surface area contributed by atoms with Crippen LogP contribution in [0.15, 0.2) is 34.3 Å². The Hall–Kier alpha value is -1.20. The second-order valence-corrected chi connectivity index (χ2v) is 5.31. The Morgan fingerprint density at radius 1 is 1.47 bits per heavy atom. The van der Waals surface area contributed by atoms with E-state index in [4.69, 9.17) is 0 Å². The first kappa shape index (κ1) is 14.2. The largest absolute Gasteiger partial charge is 0.352 e. The van der Waals surface area contributed by atoms with Gasteiger partial charge in [-0.25, -0.2) is 4.39 Å². The van der Waals surface area contributed by atoms with Crippen molar-refractivity contribution in [2.45, 2.75) is 12.8 Å². The molecular weight excluding hydrogens is 311 g/mol. The first-order chi connectivity index (χ1) is 9.16. The summed E-state index contributed by atoms with van der Waals surface area (Å²) in [6.45, 7) is 2.49. The molecule has 0 fully saturated rings. The number of carbonyl (C=O) groups is 1. The minimum absolute atomic E-state index is 0.235. The average molecular weight is 327 g/mol. The molecule has 1 aromatic rings. The molecule has 0 saturated carbocycles. The minimum atomic E-state index is -0.422. The Bertz CT molecular complexity index is 502. The Labute approximate surface area is 120 Å². The topological polar surface area (TPSA) is 41.1 Å². The van der Waals surface area contributed by atoms with Crippen LogP contribution in [0.1, 0.15) is 23.2 Å². The van der Waals surface area contributed by atoms with Gasteiger partial charge < -0.3 is 10.6 Å². The van der Waals surface area contributed by atoms with E-state index >= 15 is 0 Å². The summed E-state index contributed by atoms with van der Waals surface area (Å²) >= 11 is 3.06. The monoisotopic (exact) mass is 326 g/mol. The van der Waals surface area contributed by atoms with Crippen molar-refractivity contribution in [3.8, 4) is 0 Å². The van der Waals surface area contributed by atoms with E-state index in [1.807, 2.05) is 0 Å². The van der Waals surface area contributed by atoms with Gasteiger partial charge in [-0.3, -0.25) is 4.79 Å². The normalized spacial score (nSPS) is 14.9. The van der Waals surface area contributed by atoms with Crippen molar-refractivity contribution >= 4 is 21.8 Å². The van der Waals surface area contributed by atoms with E-state index in [-0.39, 0.29) is 5.91 Å². The number of halogens is 2. The van der Waals surface area contributed by atoms with Crippen molar-refractivity contribution in [3.05, 3.63) is 45.7 Å². The van der Waals surface area contributed by atoms with Crippen molar-refractivity contribution in [1.29, 1.82) is 0 Å². The Morgan fingerprint density at radius 3 is 3.00 bits per heavy atom. The maximum absolute atomic E-state index is 13.3. The number of hydrogen-bond acceptors (Lipinski definition) is 2. The van der Waals surface area contributed by atoms with Gasteiger partial charge in [-0.1, -0.05) is 11.6 Å². The third kappa shape index (κ3) is 4.14. The molecule has 0 unspecified atom stereocenters. The van der Waals surface area contributed by atoms with Crippen molar-refractivity contribution in [3.63, 3.8) is 0 Å². The fraction of sp³-hybridized carbons (Fsp3) is 0.357. The molecule has 2 N–H and O–H groups in total. The van der Waals surface area contributed by atoms with Crippen LogP contribution in [0.5, 0.6) is 0 Å². The molecule has 0 aromatic heterocycles. The highest BCUT2D eigenvalue weighted by Gasteiger charge is 2.09. The number of benzene rings is 1. The number of rotatable bonds is 4. The number of nitrogens with one attached hydrogen (secondary N) is 2. The molecule has 1 amide bonds. The average Bonchev–Trinajstić information content (AvgIpc) is 2.43. The van der Waals surface area contributed by atoms with Crippen LogP contribution in [0.25, 0.3) is 0 Å². The zero-order valence-electron chi connectivity index (χ0n) is 10.5. The van der Waals surface area contributed by atoms with Crippen LogP contribution in [-0.4, -0.2) is 25.5 Å². The number of hydrogen-bond donors (Lipinski definition) is 2. The molecule has 5 heteroatoms. The predicted octanol–water partition coefficient (Wildman–Crippen LogP) is 2.63. The lowest BCUT2D eigenvalue weighted by Crippen LogP contribution is -2.26. The Morgan fingerprint density at radius 2 is 2.32 bits per heavy atom. The molecule has 2 rings (SSSR count). The fourth-order valence-electron chi connectivity index (χ4n) is 1.97. The molecule has 3 nitrogen and oxygen atoms in total. The zero-order chi connectivity index (χ0) is 13.7. The highest BCUT2D eigenvalue weighted by molar-refractivity contribution is 9.10. The van der Waals surface area contributed by atoms with E-state index in [0.717, 1.165) is 25.9 Å². The highest BCUT2D eigenvalue weighted by atomic mass is 79.9. The molecule has 1 aliphatic heterocycles.